The fraction of sp³-hybridized carbons (Fsp3) is 0.250. The fourth-order valence-corrected chi connectivity index (χ4v) is 1.41. The summed E-state index contributed by atoms with van der Waals surface area (Å²) in [5.74, 6) is 0. The molecule has 0 saturated carbocycles. The zero-order chi connectivity index (χ0) is 9.14. The van der Waals surface area contributed by atoms with Gasteiger partial charge in [0.15, 0.2) is 0 Å². The van der Waals surface area contributed by atoms with Gasteiger partial charge in [-0.25, -0.2) is 4.39 Å². The first-order chi connectivity index (χ1) is 5.65. The van der Waals surface area contributed by atoms with Gasteiger partial charge in [0, 0.05) is 22.2 Å². The van der Waals surface area contributed by atoms with Crippen LogP contribution < -0.4 is 5.73 Å². The maximum atomic E-state index is 13.0. The summed E-state index contributed by atoms with van der Waals surface area (Å²) in [6, 6.07) is 4.63. The van der Waals surface area contributed by atoms with Gasteiger partial charge in [0.05, 0.1) is 0 Å². The lowest BCUT2D eigenvalue weighted by Crippen LogP contribution is -2.07. The Bertz CT molecular complexity index is 278. The number of rotatable bonds is 2. The predicted octanol–water partition coefficient (Wildman–Crippen LogP) is 2.96. The van der Waals surface area contributed by atoms with Crippen molar-refractivity contribution in [2.75, 3.05) is 6.54 Å². The molecule has 0 radical (unpaired) electrons. The Morgan fingerprint density at radius 2 is 2.08 bits per heavy atom. The van der Waals surface area contributed by atoms with E-state index in [1.54, 1.807) is 12.1 Å². The minimum absolute atomic E-state index is 0.0681. The molecule has 0 aliphatic heterocycles. The molecule has 0 aliphatic rings. The lowest BCUT2D eigenvalue weighted by molar-refractivity contribution is 0.353. The SMILES string of the molecule is NC[C@H](F)c1ccc(Cl)cc1Cl. The van der Waals surface area contributed by atoms with Crippen LogP contribution in [0.15, 0.2) is 18.2 Å². The Labute approximate surface area is 80.3 Å². The van der Waals surface area contributed by atoms with E-state index in [0.29, 0.717) is 15.6 Å². The summed E-state index contributed by atoms with van der Waals surface area (Å²) in [6.45, 7) is -0.0681. The highest BCUT2D eigenvalue weighted by molar-refractivity contribution is 6.35. The van der Waals surface area contributed by atoms with Gasteiger partial charge in [0.25, 0.3) is 0 Å². The highest BCUT2D eigenvalue weighted by Crippen LogP contribution is 2.27. The second-order valence-corrected chi connectivity index (χ2v) is 3.21. The summed E-state index contributed by atoms with van der Waals surface area (Å²) >= 11 is 11.3. The normalized spacial score (nSPS) is 13.0. The van der Waals surface area contributed by atoms with Crippen molar-refractivity contribution in [3.8, 4) is 0 Å². The lowest BCUT2D eigenvalue weighted by atomic mass is 10.1. The Morgan fingerprint density at radius 3 is 2.58 bits per heavy atom. The molecular weight excluding hydrogens is 200 g/mol. The van der Waals surface area contributed by atoms with E-state index < -0.39 is 6.17 Å². The quantitative estimate of drug-likeness (QED) is 0.794. The van der Waals surface area contributed by atoms with Gasteiger partial charge in [-0.15, -0.1) is 0 Å². The zero-order valence-electron chi connectivity index (χ0n) is 6.23. The van der Waals surface area contributed by atoms with Gasteiger partial charge in [-0.2, -0.15) is 0 Å². The smallest absolute Gasteiger partial charge is 0.139 e. The van der Waals surface area contributed by atoms with Crippen LogP contribution in [-0.2, 0) is 0 Å². The first-order valence-corrected chi connectivity index (χ1v) is 4.20. The summed E-state index contributed by atoms with van der Waals surface area (Å²) in [5.41, 5.74) is 5.54. The maximum Gasteiger partial charge on any atom is 0.139 e. The molecule has 2 N–H and O–H groups in total. The van der Waals surface area contributed by atoms with Crippen molar-refractivity contribution in [2.24, 2.45) is 5.73 Å². The predicted molar refractivity (Wildman–Crippen MR) is 49.4 cm³/mol. The van der Waals surface area contributed by atoms with Crippen molar-refractivity contribution in [1.82, 2.24) is 0 Å². The molecule has 1 aromatic rings. The Kier molecular flexibility index (Phi) is 3.32. The van der Waals surface area contributed by atoms with E-state index in [1.165, 1.54) is 6.07 Å². The first-order valence-electron chi connectivity index (χ1n) is 3.44. The molecule has 0 aliphatic carbocycles. The van der Waals surface area contributed by atoms with Crippen LogP contribution in [0.25, 0.3) is 0 Å². The van der Waals surface area contributed by atoms with Crippen molar-refractivity contribution < 1.29 is 4.39 Å². The third-order valence-electron chi connectivity index (χ3n) is 1.51. The molecule has 0 aromatic heterocycles. The molecule has 0 saturated heterocycles. The van der Waals surface area contributed by atoms with Gasteiger partial charge < -0.3 is 5.73 Å². The van der Waals surface area contributed by atoms with Crippen LogP contribution in [0.4, 0.5) is 4.39 Å². The third-order valence-corrected chi connectivity index (χ3v) is 2.07. The van der Waals surface area contributed by atoms with Crippen molar-refractivity contribution in [2.45, 2.75) is 6.17 Å². The van der Waals surface area contributed by atoms with Crippen LogP contribution in [0.2, 0.25) is 10.0 Å². The molecule has 4 heteroatoms. The average Bonchev–Trinajstić information content (AvgIpc) is 2.03. The van der Waals surface area contributed by atoms with E-state index in [9.17, 15) is 4.39 Å². The third kappa shape index (κ3) is 2.09. The largest absolute Gasteiger partial charge is 0.327 e. The Morgan fingerprint density at radius 1 is 1.42 bits per heavy atom. The number of halogens is 3. The van der Waals surface area contributed by atoms with Gasteiger partial charge in [-0.1, -0.05) is 29.3 Å². The molecule has 0 amide bonds. The number of nitrogens with two attached hydrogens (primary N) is 1. The second kappa shape index (κ2) is 4.08. The van der Waals surface area contributed by atoms with E-state index in [1.807, 2.05) is 0 Å². The van der Waals surface area contributed by atoms with Crippen LogP contribution in [0.5, 0.6) is 0 Å². The maximum absolute atomic E-state index is 13.0. The van der Waals surface area contributed by atoms with Gasteiger partial charge in [0.2, 0.25) is 0 Å². The van der Waals surface area contributed by atoms with Crippen LogP contribution >= 0.6 is 23.2 Å². The Balaban J connectivity index is 3.01. The first kappa shape index (κ1) is 9.78. The van der Waals surface area contributed by atoms with Crippen molar-refractivity contribution in [3.05, 3.63) is 33.8 Å². The average molecular weight is 208 g/mol. The summed E-state index contributed by atoms with van der Waals surface area (Å²) in [7, 11) is 0. The van der Waals surface area contributed by atoms with Gasteiger partial charge >= 0.3 is 0 Å². The van der Waals surface area contributed by atoms with Crippen LogP contribution in [0.3, 0.4) is 0 Å². The van der Waals surface area contributed by atoms with Crippen LogP contribution in [0.1, 0.15) is 11.7 Å². The summed E-state index contributed by atoms with van der Waals surface area (Å²) in [4.78, 5) is 0. The molecule has 1 atom stereocenters. The molecule has 1 rings (SSSR count). The number of hydrogen-bond acceptors (Lipinski definition) is 1. The van der Waals surface area contributed by atoms with Crippen molar-refractivity contribution >= 4 is 23.2 Å². The number of benzene rings is 1. The zero-order valence-corrected chi connectivity index (χ0v) is 7.74. The minimum atomic E-state index is -1.21. The second-order valence-electron chi connectivity index (χ2n) is 2.37. The van der Waals surface area contributed by atoms with Crippen LogP contribution in [-0.4, -0.2) is 6.54 Å². The topological polar surface area (TPSA) is 26.0 Å². The number of alkyl halides is 1. The van der Waals surface area contributed by atoms with Crippen molar-refractivity contribution in [3.63, 3.8) is 0 Å². The monoisotopic (exact) mass is 207 g/mol. The molecule has 0 unspecified atom stereocenters. The number of hydrogen-bond donors (Lipinski definition) is 1. The van der Waals surface area contributed by atoms with E-state index in [4.69, 9.17) is 28.9 Å². The molecular formula is C8H8Cl2FN. The van der Waals surface area contributed by atoms with E-state index in [0.717, 1.165) is 0 Å². The van der Waals surface area contributed by atoms with Gasteiger partial charge in [-0.3, -0.25) is 0 Å². The van der Waals surface area contributed by atoms with Crippen molar-refractivity contribution in [1.29, 1.82) is 0 Å². The molecule has 0 heterocycles. The van der Waals surface area contributed by atoms with Gasteiger partial charge in [0.1, 0.15) is 6.17 Å². The minimum Gasteiger partial charge on any atom is -0.327 e. The van der Waals surface area contributed by atoms with Gasteiger partial charge in [-0.05, 0) is 12.1 Å². The summed E-state index contributed by atoms with van der Waals surface area (Å²) in [5, 5.41) is 0.813. The molecule has 0 spiro atoms. The molecule has 0 bridgehead atoms. The summed E-state index contributed by atoms with van der Waals surface area (Å²) < 4.78 is 13.0. The summed E-state index contributed by atoms with van der Waals surface area (Å²) in [6.07, 6.45) is -1.21. The van der Waals surface area contributed by atoms with E-state index >= 15 is 0 Å². The van der Waals surface area contributed by atoms with E-state index in [2.05, 4.69) is 0 Å². The standard InChI is InChI=1S/C8H8Cl2FN/c9-5-1-2-6(7(10)3-5)8(11)4-12/h1-3,8H,4,12H2/t8-/m0/s1. The molecule has 12 heavy (non-hydrogen) atoms. The highest BCUT2D eigenvalue weighted by atomic mass is 35.5. The molecule has 1 nitrogen and oxygen atoms in total. The Hall–Kier alpha value is -0.310. The molecule has 66 valence electrons. The highest BCUT2D eigenvalue weighted by Gasteiger charge is 2.11. The lowest BCUT2D eigenvalue weighted by Gasteiger charge is -2.07. The van der Waals surface area contributed by atoms with Crippen LogP contribution in [0, 0.1) is 0 Å². The molecule has 1 aromatic carbocycles. The van der Waals surface area contributed by atoms with E-state index in [-0.39, 0.29) is 6.54 Å². The molecule has 0 fully saturated rings. The fourth-order valence-electron chi connectivity index (χ4n) is 0.883.